The zero-order valence-corrected chi connectivity index (χ0v) is 13.6. The summed E-state index contributed by atoms with van der Waals surface area (Å²) < 4.78 is 5.08. The highest BCUT2D eigenvalue weighted by Crippen LogP contribution is 2.21. The second-order valence-corrected chi connectivity index (χ2v) is 6.05. The van der Waals surface area contributed by atoms with Crippen LogP contribution in [0.25, 0.3) is 0 Å². The fraction of sp³-hybridized carbons (Fsp3) is 0.533. The molecule has 1 heterocycles. The molecular formula is C15H20Cl2N2O2. The first-order valence-corrected chi connectivity index (χ1v) is 7.83. The molecule has 4 nitrogen and oxygen atoms in total. The number of halogens is 2. The zero-order chi connectivity index (χ0) is 15.2. The number of amides is 1. The minimum atomic E-state index is -0.155. The molecule has 0 radical (unpaired) electrons. The number of rotatable bonds is 5. The number of hydrogen-bond donors (Lipinski definition) is 1. The van der Waals surface area contributed by atoms with E-state index in [1.165, 1.54) is 0 Å². The number of hydrogen-bond acceptors (Lipinski definition) is 3. The summed E-state index contributed by atoms with van der Waals surface area (Å²) in [6.07, 6.45) is 1.88. The number of methoxy groups -OCH3 is 1. The molecular weight excluding hydrogens is 311 g/mol. The van der Waals surface area contributed by atoms with E-state index in [9.17, 15) is 4.79 Å². The molecule has 0 spiro atoms. The van der Waals surface area contributed by atoms with Gasteiger partial charge in [-0.15, -0.1) is 0 Å². The Labute approximate surface area is 135 Å². The number of carbonyl (C=O) groups excluding carboxylic acids is 1. The fourth-order valence-corrected chi connectivity index (χ4v) is 2.83. The molecule has 6 heteroatoms. The average Bonchev–Trinajstić information content (AvgIpc) is 2.49. The fourth-order valence-electron chi connectivity index (χ4n) is 2.46. The number of likely N-dealkylation sites (tertiary alicyclic amines) is 1. The molecule has 1 saturated heterocycles. The first-order chi connectivity index (χ1) is 10.1. The van der Waals surface area contributed by atoms with Gasteiger partial charge >= 0.3 is 0 Å². The Morgan fingerprint density at radius 2 is 2.10 bits per heavy atom. The predicted molar refractivity (Wildman–Crippen MR) is 85.3 cm³/mol. The molecule has 1 aliphatic heterocycles. The molecule has 2 rings (SSSR count). The molecule has 1 aliphatic rings. The Hall–Kier alpha value is -0.810. The summed E-state index contributed by atoms with van der Waals surface area (Å²) in [4.78, 5) is 14.6. The maximum Gasteiger partial charge on any atom is 0.253 e. The monoisotopic (exact) mass is 330 g/mol. The van der Waals surface area contributed by atoms with E-state index in [1.54, 1.807) is 25.3 Å². The van der Waals surface area contributed by atoms with Crippen molar-refractivity contribution in [1.29, 1.82) is 0 Å². The number of piperidine rings is 1. The Morgan fingerprint density at radius 1 is 1.38 bits per heavy atom. The lowest BCUT2D eigenvalue weighted by Crippen LogP contribution is -2.45. The highest BCUT2D eigenvalue weighted by atomic mass is 35.5. The van der Waals surface area contributed by atoms with E-state index < -0.39 is 0 Å². The van der Waals surface area contributed by atoms with Crippen LogP contribution >= 0.6 is 23.2 Å². The third-order valence-corrected chi connectivity index (χ3v) is 4.27. The van der Waals surface area contributed by atoms with Crippen LogP contribution in [0.2, 0.25) is 10.0 Å². The van der Waals surface area contributed by atoms with Gasteiger partial charge in [-0.05, 0) is 31.0 Å². The lowest BCUT2D eigenvalue weighted by atomic mass is 10.0. The predicted octanol–water partition coefficient (Wildman–Crippen LogP) is 2.83. The maximum absolute atomic E-state index is 12.3. The molecule has 1 amide bonds. The molecule has 0 atom stereocenters. The van der Waals surface area contributed by atoms with E-state index in [1.807, 2.05) is 0 Å². The summed E-state index contributed by atoms with van der Waals surface area (Å²) in [5.41, 5.74) is 0.436. The van der Waals surface area contributed by atoms with Crippen molar-refractivity contribution >= 4 is 29.1 Å². The van der Waals surface area contributed by atoms with Crippen LogP contribution in [0.4, 0.5) is 0 Å². The van der Waals surface area contributed by atoms with Crippen LogP contribution in [0.3, 0.4) is 0 Å². The maximum atomic E-state index is 12.3. The van der Waals surface area contributed by atoms with Gasteiger partial charge in [0.25, 0.3) is 5.91 Å². The second kappa shape index (κ2) is 7.99. The van der Waals surface area contributed by atoms with Crippen molar-refractivity contribution in [3.8, 4) is 0 Å². The van der Waals surface area contributed by atoms with E-state index in [0.717, 1.165) is 39.1 Å². The number of nitrogens with zero attached hydrogens (tertiary/aromatic N) is 1. The summed E-state index contributed by atoms with van der Waals surface area (Å²) in [5, 5.41) is 3.98. The summed E-state index contributed by atoms with van der Waals surface area (Å²) in [6, 6.07) is 5.11. The van der Waals surface area contributed by atoms with E-state index in [0.29, 0.717) is 15.6 Å². The highest BCUT2D eigenvalue weighted by molar-refractivity contribution is 6.35. The molecule has 1 aromatic carbocycles. The van der Waals surface area contributed by atoms with Gasteiger partial charge in [0.15, 0.2) is 0 Å². The average molecular weight is 331 g/mol. The Morgan fingerprint density at radius 3 is 2.76 bits per heavy atom. The molecule has 21 heavy (non-hydrogen) atoms. The van der Waals surface area contributed by atoms with Crippen molar-refractivity contribution in [2.45, 2.75) is 18.9 Å². The highest BCUT2D eigenvalue weighted by Gasteiger charge is 2.21. The first kappa shape index (κ1) is 16.6. The van der Waals surface area contributed by atoms with Crippen LogP contribution in [0, 0.1) is 0 Å². The van der Waals surface area contributed by atoms with Crippen molar-refractivity contribution in [1.82, 2.24) is 10.2 Å². The van der Waals surface area contributed by atoms with Crippen LogP contribution in [0.1, 0.15) is 23.2 Å². The minimum Gasteiger partial charge on any atom is -0.383 e. The number of nitrogens with one attached hydrogen (secondary N) is 1. The lowest BCUT2D eigenvalue weighted by Gasteiger charge is -2.32. The number of ether oxygens (including phenoxy) is 1. The van der Waals surface area contributed by atoms with Crippen LogP contribution in [-0.2, 0) is 4.74 Å². The van der Waals surface area contributed by atoms with E-state index in [4.69, 9.17) is 27.9 Å². The SMILES string of the molecule is COCCN1CCC(NC(=O)c2cc(Cl)ccc2Cl)CC1. The van der Waals surface area contributed by atoms with Crippen molar-refractivity contribution in [3.63, 3.8) is 0 Å². The molecule has 116 valence electrons. The molecule has 0 aliphatic carbocycles. The van der Waals surface area contributed by atoms with Crippen molar-refractivity contribution < 1.29 is 9.53 Å². The normalized spacial score (nSPS) is 16.9. The van der Waals surface area contributed by atoms with E-state index in [-0.39, 0.29) is 11.9 Å². The summed E-state index contributed by atoms with van der Waals surface area (Å²) >= 11 is 12.0. The van der Waals surface area contributed by atoms with Gasteiger partial charge in [-0.3, -0.25) is 4.79 Å². The van der Waals surface area contributed by atoms with Crippen LogP contribution < -0.4 is 5.32 Å². The molecule has 0 bridgehead atoms. The van der Waals surface area contributed by atoms with Gasteiger partial charge in [-0.2, -0.15) is 0 Å². The molecule has 0 saturated carbocycles. The van der Waals surface area contributed by atoms with Gasteiger partial charge in [0.05, 0.1) is 17.2 Å². The third kappa shape index (κ3) is 4.85. The summed E-state index contributed by atoms with van der Waals surface area (Å²) in [6.45, 7) is 3.63. The topological polar surface area (TPSA) is 41.6 Å². The number of benzene rings is 1. The van der Waals surface area contributed by atoms with Crippen LogP contribution in [-0.4, -0.2) is 50.2 Å². The van der Waals surface area contributed by atoms with E-state index in [2.05, 4.69) is 10.2 Å². The Bertz CT molecular complexity index is 489. The third-order valence-electron chi connectivity index (χ3n) is 3.71. The Balaban J connectivity index is 1.85. The van der Waals surface area contributed by atoms with Gasteiger partial charge in [-0.25, -0.2) is 0 Å². The number of carbonyl (C=O) groups is 1. The zero-order valence-electron chi connectivity index (χ0n) is 12.1. The van der Waals surface area contributed by atoms with Crippen molar-refractivity contribution in [2.24, 2.45) is 0 Å². The van der Waals surface area contributed by atoms with Gasteiger partial charge in [0.1, 0.15) is 0 Å². The minimum absolute atomic E-state index is 0.155. The standard InChI is InChI=1S/C15H20Cl2N2O2/c1-21-9-8-19-6-4-12(5-7-19)18-15(20)13-10-11(16)2-3-14(13)17/h2-3,10,12H,4-9H2,1H3,(H,18,20). The van der Waals surface area contributed by atoms with Crippen LogP contribution in [0.5, 0.6) is 0 Å². The van der Waals surface area contributed by atoms with Gasteiger partial charge in [0.2, 0.25) is 0 Å². The molecule has 0 unspecified atom stereocenters. The molecule has 1 N–H and O–H groups in total. The summed E-state index contributed by atoms with van der Waals surface area (Å²) in [5.74, 6) is -0.155. The molecule has 0 aromatic heterocycles. The van der Waals surface area contributed by atoms with Gasteiger partial charge in [-0.1, -0.05) is 23.2 Å². The van der Waals surface area contributed by atoms with Crippen molar-refractivity contribution in [3.05, 3.63) is 33.8 Å². The van der Waals surface area contributed by atoms with Crippen LogP contribution in [0.15, 0.2) is 18.2 Å². The summed E-state index contributed by atoms with van der Waals surface area (Å²) in [7, 11) is 1.71. The largest absolute Gasteiger partial charge is 0.383 e. The molecule has 1 aromatic rings. The van der Waals surface area contributed by atoms with Gasteiger partial charge < -0.3 is 15.0 Å². The Kier molecular flexibility index (Phi) is 6.30. The molecule has 1 fully saturated rings. The lowest BCUT2D eigenvalue weighted by molar-refractivity contribution is 0.0893. The first-order valence-electron chi connectivity index (χ1n) is 7.07. The quantitative estimate of drug-likeness (QED) is 0.902. The second-order valence-electron chi connectivity index (χ2n) is 5.21. The smallest absolute Gasteiger partial charge is 0.253 e. The van der Waals surface area contributed by atoms with E-state index >= 15 is 0 Å². The van der Waals surface area contributed by atoms with Gasteiger partial charge in [0, 0.05) is 37.8 Å². The van der Waals surface area contributed by atoms with Crippen molar-refractivity contribution in [2.75, 3.05) is 33.4 Å².